The lowest BCUT2D eigenvalue weighted by Crippen LogP contribution is -2.35. The quantitative estimate of drug-likeness (QED) is 0.141. The molecule has 2 aliphatic rings. The molecular weight excluding hydrogens is 514 g/mol. The van der Waals surface area contributed by atoms with Gasteiger partial charge >= 0.3 is 5.97 Å². The van der Waals surface area contributed by atoms with E-state index in [2.05, 4.69) is 73.2 Å². The average molecular weight is 560 g/mol. The van der Waals surface area contributed by atoms with Crippen LogP contribution in [0.5, 0.6) is 0 Å². The number of allylic oxidation sites excluding steroid dienone is 10. The molecule has 0 unspecified atom stereocenters. The van der Waals surface area contributed by atoms with E-state index in [9.17, 15) is 4.79 Å². The van der Waals surface area contributed by atoms with E-state index in [1.165, 1.54) is 16.7 Å². The van der Waals surface area contributed by atoms with E-state index in [1.807, 2.05) is 13.8 Å². The van der Waals surface area contributed by atoms with Crippen LogP contribution in [-0.2, 0) is 20.8 Å². The maximum absolute atomic E-state index is 12.3. The smallest absolute Gasteiger partial charge is 0.349 e. The van der Waals surface area contributed by atoms with Crippen molar-refractivity contribution in [3.05, 3.63) is 100 Å². The van der Waals surface area contributed by atoms with E-state index in [4.69, 9.17) is 18.9 Å². The molecule has 41 heavy (non-hydrogen) atoms. The van der Waals surface area contributed by atoms with Gasteiger partial charge in [0.2, 0.25) is 5.89 Å². The number of hydrogen-bond donors (Lipinski definition) is 0. The summed E-state index contributed by atoms with van der Waals surface area (Å²) in [5, 5.41) is 0. The molecule has 1 aromatic rings. The first-order valence-electron chi connectivity index (χ1n) is 14.3. The number of oxazole rings is 1. The van der Waals surface area contributed by atoms with Gasteiger partial charge in [0.05, 0.1) is 36.5 Å². The maximum atomic E-state index is 12.3. The lowest BCUT2D eigenvalue weighted by molar-refractivity contribution is -0.161. The summed E-state index contributed by atoms with van der Waals surface area (Å²) >= 11 is 0. The molecule has 7 nitrogen and oxygen atoms in total. The van der Waals surface area contributed by atoms with Gasteiger partial charge < -0.3 is 13.9 Å². The van der Waals surface area contributed by atoms with Crippen LogP contribution in [-0.4, -0.2) is 46.9 Å². The van der Waals surface area contributed by atoms with Gasteiger partial charge in [-0.05, 0) is 84.1 Å². The third kappa shape index (κ3) is 10.0. The molecule has 2 heterocycles. The molecule has 3 rings (SSSR count). The van der Waals surface area contributed by atoms with Crippen molar-refractivity contribution in [3.8, 4) is 0 Å². The molecule has 0 amide bonds. The van der Waals surface area contributed by atoms with E-state index in [1.54, 1.807) is 33.3 Å². The van der Waals surface area contributed by atoms with Gasteiger partial charge in [0.25, 0.3) is 0 Å². The first kappa shape index (κ1) is 31.8. The Morgan fingerprint density at radius 2 is 1.93 bits per heavy atom. The van der Waals surface area contributed by atoms with E-state index in [0.717, 1.165) is 41.1 Å². The summed E-state index contributed by atoms with van der Waals surface area (Å²) in [5.41, 5.74) is 7.62. The van der Waals surface area contributed by atoms with Gasteiger partial charge in [-0.25, -0.2) is 9.78 Å². The van der Waals surface area contributed by atoms with Crippen molar-refractivity contribution in [2.24, 2.45) is 4.99 Å². The number of aliphatic imine (C=N–C) groups is 1. The molecule has 0 spiro atoms. The number of aromatic nitrogens is 1. The molecule has 0 fully saturated rings. The highest BCUT2D eigenvalue weighted by Crippen LogP contribution is 2.26. The highest BCUT2D eigenvalue weighted by atomic mass is 16.6. The third-order valence-corrected chi connectivity index (χ3v) is 6.52. The van der Waals surface area contributed by atoms with Crippen molar-refractivity contribution in [1.29, 1.82) is 0 Å². The summed E-state index contributed by atoms with van der Waals surface area (Å²) in [4.78, 5) is 24.2. The van der Waals surface area contributed by atoms with Gasteiger partial charge in [-0.3, -0.25) is 9.89 Å². The van der Waals surface area contributed by atoms with Gasteiger partial charge in [-0.1, -0.05) is 48.1 Å². The molecule has 0 aromatic carbocycles. The highest BCUT2D eigenvalue weighted by molar-refractivity contribution is 6.06. The molecule has 0 saturated carbocycles. The summed E-state index contributed by atoms with van der Waals surface area (Å²) in [7, 11) is 0. The fourth-order valence-electron chi connectivity index (χ4n) is 4.51. The highest BCUT2D eigenvalue weighted by Gasteiger charge is 2.30. The molecule has 0 atom stereocenters. The summed E-state index contributed by atoms with van der Waals surface area (Å²) in [6.45, 7) is 17.6. The first-order chi connectivity index (χ1) is 19.5. The van der Waals surface area contributed by atoms with E-state index in [0.29, 0.717) is 32.1 Å². The Morgan fingerprint density at radius 1 is 1.15 bits per heavy atom. The SMILES string of the molecule is CCOC(=O)C(C)(C)O/C=C(C)/C=C(\C=C(C)C)CN(CC1=C(C)CC(C2=CCC=CC=C2)=N1)Cc1nc(C)co1. The molecule has 1 aliphatic carbocycles. The number of nitrogens with zero attached hydrogens (tertiary/aromatic N) is 3. The zero-order chi connectivity index (χ0) is 30.0. The first-order valence-corrected chi connectivity index (χ1v) is 14.3. The van der Waals surface area contributed by atoms with Gasteiger partial charge in [0, 0.05) is 19.5 Å². The van der Waals surface area contributed by atoms with Crippen LogP contribution in [0.25, 0.3) is 0 Å². The number of aryl methyl sites for hydroxylation is 1. The molecule has 7 heteroatoms. The van der Waals surface area contributed by atoms with Crippen molar-refractivity contribution in [1.82, 2.24) is 9.88 Å². The number of rotatable bonds is 13. The fraction of sp³-hybridized carbons (Fsp3) is 0.441. The molecule has 0 saturated heterocycles. The average Bonchev–Trinajstić information content (AvgIpc) is 3.35. The van der Waals surface area contributed by atoms with Crippen LogP contribution in [0.4, 0.5) is 0 Å². The zero-order valence-corrected chi connectivity index (χ0v) is 25.9. The second-order valence-electron chi connectivity index (χ2n) is 11.3. The van der Waals surface area contributed by atoms with Crippen molar-refractivity contribution in [2.45, 2.75) is 80.4 Å². The van der Waals surface area contributed by atoms with Crippen LogP contribution in [0.2, 0.25) is 0 Å². The van der Waals surface area contributed by atoms with Crippen LogP contribution in [0, 0.1) is 6.92 Å². The van der Waals surface area contributed by atoms with Gasteiger partial charge in [-0.2, -0.15) is 0 Å². The Bertz CT molecular complexity index is 1340. The predicted molar refractivity (Wildman–Crippen MR) is 165 cm³/mol. The van der Waals surface area contributed by atoms with Gasteiger partial charge in [0.1, 0.15) is 6.26 Å². The van der Waals surface area contributed by atoms with Crippen LogP contribution < -0.4 is 0 Å². The van der Waals surface area contributed by atoms with E-state index < -0.39 is 11.6 Å². The number of esters is 1. The van der Waals surface area contributed by atoms with Gasteiger partial charge in [0.15, 0.2) is 5.60 Å². The minimum Gasteiger partial charge on any atom is -0.483 e. The van der Waals surface area contributed by atoms with Crippen molar-refractivity contribution in [3.63, 3.8) is 0 Å². The van der Waals surface area contributed by atoms with Crippen LogP contribution >= 0.6 is 0 Å². The van der Waals surface area contributed by atoms with Crippen LogP contribution in [0.3, 0.4) is 0 Å². The minimum atomic E-state index is -1.07. The molecule has 0 N–H and O–H groups in total. The second-order valence-corrected chi connectivity index (χ2v) is 11.3. The Balaban J connectivity index is 1.86. The van der Waals surface area contributed by atoms with Crippen LogP contribution in [0.15, 0.2) is 98.0 Å². The second kappa shape index (κ2) is 14.8. The lowest BCUT2D eigenvalue weighted by Gasteiger charge is -2.23. The van der Waals surface area contributed by atoms with E-state index >= 15 is 0 Å². The molecule has 0 radical (unpaired) electrons. The Morgan fingerprint density at radius 3 is 2.61 bits per heavy atom. The summed E-state index contributed by atoms with van der Waals surface area (Å²) in [6.07, 6.45) is 20.0. The number of carbonyl (C=O) groups excluding carboxylic acids is 1. The molecule has 1 aliphatic heterocycles. The Kier molecular flexibility index (Phi) is 11.5. The summed E-state index contributed by atoms with van der Waals surface area (Å²) < 4.78 is 16.7. The zero-order valence-electron chi connectivity index (χ0n) is 25.9. The normalized spacial score (nSPS) is 16.1. The molecule has 220 valence electrons. The minimum absolute atomic E-state index is 0.311. The van der Waals surface area contributed by atoms with Gasteiger partial charge in [-0.15, -0.1) is 0 Å². The number of ether oxygens (including phenoxy) is 2. The number of hydrogen-bond acceptors (Lipinski definition) is 7. The molecular formula is C34H45N3O4. The largest absolute Gasteiger partial charge is 0.483 e. The van der Waals surface area contributed by atoms with Crippen LogP contribution in [0.1, 0.15) is 72.9 Å². The summed E-state index contributed by atoms with van der Waals surface area (Å²) in [6, 6.07) is 0. The molecule has 0 bridgehead atoms. The van der Waals surface area contributed by atoms with Crippen molar-refractivity contribution >= 4 is 11.7 Å². The fourth-order valence-corrected chi connectivity index (χ4v) is 4.51. The van der Waals surface area contributed by atoms with Crippen molar-refractivity contribution in [2.75, 3.05) is 19.7 Å². The molecule has 1 aromatic heterocycles. The third-order valence-electron chi connectivity index (χ3n) is 6.52. The Labute approximate surface area is 245 Å². The lowest BCUT2D eigenvalue weighted by atomic mass is 10.0. The monoisotopic (exact) mass is 559 g/mol. The standard InChI is InChI=1S/C34H45N3O4/c1-9-39-33(38)34(7,8)41-22-25(4)17-28(16-24(2)3)19-37(21-32-35-27(6)23-40-32)20-31-26(5)18-30(36-31)29-14-12-10-11-13-15-29/h10-12,14-17,22-23H,9,13,18-21H2,1-8H3/b25-22+,28-17+. The van der Waals surface area contributed by atoms with Crippen molar-refractivity contribution < 1.29 is 18.7 Å². The topological polar surface area (TPSA) is 77.2 Å². The number of carbonyl (C=O) groups is 1. The maximum Gasteiger partial charge on any atom is 0.349 e. The summed E-state index contributed by atoms with van der Waals surface area (Å²) in [5.74, 6) is 0.281. The predicted octanol–water partition coefficient (Wildman–Crippen LogP) is 7.50. The van der Waals surface area contributed by atoms with E-state index in [-0.39, 0.29) is 0 Å². The Hall–Kier alpha value is -3.71.